The van der Waals surface area contributed by atoms with Gasteiger partial charge < -0.3 is 20.6 Å². The van der Waals surface area contributed by atoms with Gasteiger partial charge in [0.25, 0.3) is 0 Å². The van der Waals surface area contributed by atoms with Crippen LogP contribution in [0.5, 0.6) is 0 Å². The summed E-state index contributed by atoms with van der Waals surface area (Å²) in [5.41, 5.74) is 0. The second-order valence-corrected chi connectivity index (χ2v) is 17.4. The molecule has 5 heteroatoms. The molecule has 0 radical (unpaired) electrons. The lowest BCUT2D eigenvalue weighted by atomic mass is 10.0. The number of unbranched alkanes of at least 4 members (excludes halogenated alkanes) is 37. The van der Waals surface area contributed by atoms with Crippen molar-refractivity contribution in [1.29, 1.82) is 0 Å². The number of nitrogens with one attached hydrogen (secondary N) is 1. The van der Waals surface area contributed by atoms with Gasteiger partial charge in [0.05, 0.1) is 31.3 Å². The fraction of sp³-hybridized carbons (Fsp3) is 0.980. The minimum absolute atomic E-state index is 0.0433. The molecule has 3 atom stereocenters. The first-order chi connectivity index (χ1) is 26.5. The number of amides is 1. The predicted molar refractivity (Wildman–Crippen MR) is 236 cm³/mol. The standard InChI is InChI=1S/C49H99NO4/c1-3-5-7-9-11-13-15-17-19-21-23-25-26-28-30-32-34-36-38-40-42-46(52)44-49(54)50-47(45-51)48(53)43-41-39-37-35-33-31-29-27-24-22-20-18-16-14-12-10-8-6-4-2/h46-48,51-53H,3-45H2,1-2H3,(H,50,54). The second-order valence-electron chi connectivity index (χ2n) is 17.4. The lowest BCUT2D eigenvalue weighted by molar-refractivity contribution is -0.125. The van der Waals surface area contributed by atoms with Crippen LogP contribution in [0.25, 0.3) is 0 Å². The van der Waals surface area contributed by atoms with Gasteiger partial charge in [-0.15, -0.1) is 0 Å². The third kappa shape index (κ3) is 41.0. The highest BCUT2D eigenvalue weighted by atomic mass is 16.3. The quantitative estimate of drug-likeness (QED) is 0.0465. The normalized spacial score (nSPS) is 13.4. The molecule has 4 N–H and O–H groups in total. The van der Waals surface area contributed by atoms with Crippen LogP contribution >= 0.6 is 0 Å². The van der Waals surface area contributed by atoms with Crippen LogP contribution in [-0.4, -0.2) is 46.1 Å². The van der Waals surface area contributed by atoms with Gasteiger partial charge in [-0.05, 0) is 12.8 Å². The minimum atomic E-state index is -0.744. The average Bonchev–Trinajstić information content (AvgIpc) is 3.16. The first-order valence-corrected chi connectivity index (χ1v) is 24.8. The smallest absolute Gasteiger partial charge is 0.222 e. The van der Waals surface area contributed by atoms with Crippen molar-refractivity contribution in [2.75, 3.05) is 6.61 Å². The molecule has 3 unspecified atom stereocenters. The van der Waals surface area contributed by atoms with Crippen molar-refractivity contribution in [2.45, 2.75) is 302 Å². The number of hydrogen-bond donors (Lipinski definition) is 4. The van der Waals surface area contributed by atoms with Crippen molar-refractivity contribution < 1.29 is 20.1 Å². The maximum atomic E-state index is 12.5. The van der Waals surface area contributed by atoms with Crippen LogP contribution in [-0.2, 0) is 4.79 Å². The van der Waals surface area contributed by atoms with E-state index in [-0.39, 0.29) is 18.9 Å². The monoisotopic (exact) mass is 766 g/mol. The van der Waals surface area contributed by atoms with E-state index in [2.05, 4.69) is 19.2 Å². The van der Waals surface area contributed by atoms with E-state index in [0.29, 0.717) is 12.8 Å². The Hall–Kier alpha value is -0.650. The van der Waals surface area contributed by atoms with Gasteiger partial charge in [-0.2, -0.15) is 0 Å². The Morgan fingerprint density at radius 1 is 0.389 bits per heavy atom. The molecule has 0 rings (SSSR count). The molecule has 54 heavy (non-hydrogen) atoms. The molecule has 0 fully saturated rings. The van der Waals surface area contributed by atoms with Gasteiger partial charge in [-0.1, -0.05) is 264 Å². The average molecular weight is 766 g/mol. The Morgan fingerprint density at radius 2 is 0.630 bits per heavy atom. The summed E-state index contributed by atoms with van der Waals surface area (Å²) in [6.45, 7) is 4.30. The number of aliphatic hydroxyl groups is 3. The van der Waals surface area contributed by atoms with Crippen LogP contribution in [0.15, 0.2) is 0 Å². The predicted octanol–water partition coefficient (Wildman–Crippen LogP) is 14.6. The SMILES string of the molecule is CCCCCCCCCCCCCCCCCCCCCCC(O)CC(=O)NC(CO)C(O)CCCCCCCCCCCCCCCCCCCCC. The highest BCUT2D eigenvalue weighted by Crippen LogP contribution is 2.18. The zero-order chi connectivity index (χ0) is 39.4. The highest BCUT2D eigenvalue weighted by Gasteiger charge is 2.21. The Morgan fingerprint density at radius 3 is 0.889 bits per heavy atom. The zero-order valence-corrected chi connectivity index (χ0v) is 36.9. The fourth-order valence-electron chi connectivity index (χ4n) is 8.11. The van der Waals surface area contributed by atoms with E-state index in [0.717, 1.165) is 25.7 Å². The largest absolute Gasteiger partial charge is 0.394 e. The molecule has 1 amide bonds. The van der Waals surface area contributed by atoms with Gasteiger partial charge in [0.15, 0.2) is 0 Å². The Balaban J connectivity index is 3.54. The first kappa shape index (κ1) is 53.4. The summed E-state index contributed by atoms with van der Waals surface area (Å²) in [7, 11) is 0. The second kappa shape index (κ2) is 45.1. The van der Waals surface area contributed by atoms with Crippen LogP contribution < -0.4 is 5.32 Å². The molecule has 0 aliphatic carbocycles. The lowest BCUT2D eigenvalue weighted by Gasteiger charge is -2.23. The molecule has 0 aliphatic heterocycles. The molecule has 0 saturated heterocycles. The minimum Gasteiger partial charge on any atom is -0.394 e. The van der Waals surface area contributed by atoms with Gasteiger partial charge in [-0.3, -0.25) is 4.79 Å². The number of hydrogen-bond acceptors (Lipinski definition) is 4. The molecule has 0 aliphatic rings. The molecule has 0 aromatic carbocycles. The maximum Gasteiger partial charge on any atom is 0.222 e. The molecule has 324 valence electrons. The Labute approximate surface area is 338 Å². The van der Waals surface area contributed by atoms with Crippen molar-refractivity contribution >= 4 is 5.91 Å². The van der Waals surface area contributed by atoms with Crippen molar-refractivity contribution in [2.24, 2.45) is 0 Å². The molecule has 0 spiro atoms. The molecule has 5 nitrogen and oxygen atoms in total. The van der Waals surface area contributed by atoms with E-state index >= 15 is 0 Å². The van der Waals surface area contributed by atoms with E-state index in [1.54, 1.807) is 0 Å². The van der Waals surface area contributed by atoms with Gasteiger partial charge in [0.2, 0.25) is 5.91 Å². The van der Waals surface area contributed by atoms with Crippen LogP contribution in [0.2, 0.25) is 0 Å². The maximum absolute atomic E-state index is 12.5. The fourth-order valence-corrected chi connectivity index (χ4v) is 8.11. The summed E-state index contributed by atoms with van der Waals surface area (Å²) in [5.74, 6) is -0.276. The molecule has 0 heterocycles. The molecular formula is C49H99NO4. The first-order valence-electron chi connectivity index (χ1n) is 24.8. The number of rotatable bonds is 46. The van der Waals surface area contributed by atoms with Crippen molar-refractivity contribution in [3.63, 3.8) is 0 Å². The molecule has 0 bridgehead atoms. The summed E-state index contributed by atoms with van der Waals surface area (Å²) >= 11 is 0. The van der Waals surface area contributed by atoms with Crippen molar-refractivity contribution in [1.82, 2.24) is 5.32 Å². The topological polar surface area (TPSA) is 89.8 Å². The zero-order valence-electron chi connectivity index (χ0n) is 36.9. The summed E-state index contributed by atoms with van der Waals surface area (Å²) in [4.78, 5) is 12.5. The Kier molecular flexibility index (Phi) is 44.5. The van der Waals surface area contributed by atoms with Crippen LogP contribution in [0, 0.1) is 0 Å². The van der Waals surface area contributed by atoms with Crippen LogP contribution in [0.1, 0.15) is 284 Å². The molecule has 0 saturated carbocycles. The van der Waals surface area contributed by atoms with Crippen molar-refractivity contribution in [3.05, 3.63) is 0 Å². The van der Waals surface area contributed by atoms with Crippen LogP contribution in [0.3, 0.4) is 0 Å². The Bertz CT molecular complexity index is 718. The summed E-state index contributed by atoms with van der Waals surface area (Å²) < 4.78 is 0. The van der Waals surface area contributed by atoms with E-state index in [1.807, 2.05) is 0 Å². The van der Waals surface area contributed by atoms with Gasteiger partial charge in [0, 0.05) is 0 Å². The number of aliphatic hydroxyl groups excluding tert-OH is 3. The highest BCUT2D eigenvalue weighted by molar-refractivity contribution is 5.76. The third-order valence-electron chi connectivity index (χ3n) is 11.9. The third-order valence-corrected chi connectivity index (χ3v) is 11.9. The van der Waals surface area contributed by atoms with E-state index in [9.17, 15) is 20.1 Å². The van der Waals surface area contributed by atoms with Gasteiger partial charge >= 0.3 is 0 Å². The van der Waals surface area contributed by atoms with E-state index in [4.69, 9.17) is 0 Å². The van der Waals surface area contributed by atoms with Gasteiger partial charge in [-0.25, -0.2) is 0 Å². The molecule has 0 aromatic rings. The number of carbonyl (C=O) groups is 1. The number of carbonyl (C=O) groups excluding carboxylic acids is 1. The summed E-state index contributed by atoms with van der Waals surface area (Å²) in [6, 6.07) is -0.653. The van der Waals surface area contributed by atoms with E-state index in [1.165, 1.54) is 225 Å². The van der Waals surface area contributed by atoms with Crippen molar-refractivity contribution in [3.8, 4) is 0 Å². The van der Waals surface area contributed by atoms with Crippen LogP contribution in [0.4, 0.5) is 0 Å². The van der Waals surface area contributed by atoms with Gasteiger partial charge in [0.1, 0.15) is 0 Å². The molecular weight excluding hydrogens is 667 g/mol. The molecule has 0 aromatic heterocycles. The lowest BCUT2D eigenvalue weighted by Crippen LogP contribution is -2.46. The van der Waals surface area contributed by atoms with E-state index < -0.39 is 18.2 Å². The summed E-state index contributed by atoms with van der Waals surface area (Å²) in [5, 5.41) is 33.5. The summed E-state index contributed by atoms with van der Waals surface area (Å²) in [6.07, 6.45) is 52.3.